The second-order valence-corrected chi connectivity index (χ2v) is 5.54. The van der Waals surface area contributed by atoms with Crippen molar-refractivity contribution in [3.63, 3.8) is 0 Å². The molecule has 2 rings (SSSR count). The normalized spacial score (nSPS) is 12.3. The van der Waals surface area contributed by atoms with Gasteiger partial charge in [-0.1, -0.05) is 42.5 Å². The largest absolute Gasteiger partial charge is 0.493 e. The van der Waals surface area contributed by atoms with E-state index in [1.807, 2.05) is 0 Å². The zero-order valence-corrected chi connectivity index (χ0v) is 14.1. The molecule has 7 heteroatoms. The maximum atomic E-state index is 14.7. The number of benzene rings is 2. The van der Waals surface area contributed by atoms with Crippen LogP contribution in [-0.2, 0) is 15.5 Å². The van der Waals surface area contributed by atoms with Gasteiger partial charge in [0.05, 0.1) is 24.6 Å². The molecule has 0 heterocycles. The molecule has 0 aliphatic rings. The number of nitrogens with one attached hydrogen (secondary N) is 1. The first kappa shape index (κ1) is 19.4. The predicted octanol–water partition coefficient (Wildman–Crippen LogP) is 3.51. The Balaban J connectivity index is 2.29. The number of hydrogen-bond acceptors (Lipinski definition) is 3. The molecule has 0 saturated heterocycles. The summed E-state index contributed by atoms with van der Waals surface area (Å²) in [4.78, 5) is 23.3. The van der Waals surface area contributed by atoms with Crippen molar-refractivity contribution in [3.05, 3.63) is 65.7 Å². The van der Waals surface area contributed by atoms with Gasteiger partial charge in [0, 0.05) is 0 Å². The third kappa shape index (κ3) is 4.56. The lowest BCUT2D eigenvalue weighted by Gasteiger charge is -2.23. The molecule has 26 heavy (non-hydrogen) atoms. The number of halogens is 2. The number of amides is 1. The number of rotatable bonds is 8. The fraction of sp³-hybridized carbons (Fsp3) is 0.263. The molecular weight excluding hydrogens is 344 g/mol. The van der Waals surface area contributed by atoms with Gasteiger partial charge in [0.2, 0.25) is 0 Å². The van der Waals surface area contributed by atoms with E-state index >= 15 is 0 Å². The maximum absolute atomic E-state index is 14.7. The number of carboxylic acid groups (broad SMARTS) is 1. The molecule has 5 nitrogen and oxygen atoms in total. The van der Waals surface area contributed by atoms with E-state index in [0.29, 0.717) is 5.56 Å². The van der Waals surface area contributed by atoms with Crippen LogP contribution < -0.4 is 10.1 Å². The highest BCUT2D eigenvalue weighted by Crippen LogP contribution is 2.36. The van der Waals surface area contributed by atoms with Crippen molar-refractivity contribution in [1.82, 2.24) is 5.32 Å². The molecule has 0 aliphatic heterocycles. The van der Waals surface area contributed by atoms with Crippen LogP contribution in [0.15, 0.2) is 54.6 Å². The lowest BCUT2D eigenvalue weighted by molar-refractivity contribution is -0.148. The second-order valence-electron chi connectivity index (χ2n) is 5.54. The first-order valence-corrected chi connectivity index (χ1v) is 8.04. The van der Waals surface area contributed by atoms with Gasteiger partial charge in [0.1, 0.15) is 5.75 Å². The quantitative estimate of drug-likeness (QED) is 0.753. The molecule has 2 aromatic carbocycles. The average Bonchev–Trinajstić information content (AvgIpc) is 2.62. The molecule has 0 radical (unpaired) electrons. The number of hydrogen-bond donors (Lipinski definition) is 2. The number of aliphatic carboxylic acids is 1. The van der Waals surface area contributed by atoms with Crippen molar-refractivity contribution in [3.8, 4) is 5.75 Å². The first-order valence-electron chi connectivity index (χ1n) is 8.04. The SMILES string of the molecule is CCOc1ccccc1C(F)(F)C(=O)NC(CC(=O)O)c1ccccc1. The van der Waals surface area contributed by atoms with Gasteiger partial charge in [0.15, 0.2) is 0 Å². The number of carbonyl (C=O) groups is 2. The lowest BCUT2D eigenvalue weighted by atomic mass is 10.0. The minimum absolute atomic E-state index is 0.0929. The Kier molecular flexibility index (Phi) is 6.27. The van der Waals surface area contributed by atoms with Gasteiger partial charge in [-0.3, -0.25) is 9.59 Å². The summed E-state index contributed by atoms with van der Waals surface area (Å²) in [5.74, 6) is -6.77. The number of alkyl halides is 2. The van der Waals surface area contributed by atoms with Crippen LogP contribution in [0.2, 0.25) is 0 Å². The molecule has 1 amide bonds. The van der Waals surface area contributed by atoms with E-state index in [0.717, 1.165) is 6.07 Å². The van der Waals surface area contributed by atoms with Crippen LogP contribution in [0, 0.1) is 0 Å². The summed E-state index contributed by atoms with van der Waals surface area (Å²) in [5.41, 5.74) is -0.140. The Bertz CT molecular complexity index is 765. The van der Waals surface area contributed by atoms with E-state index in [1.165, 1.54) is 18.2 Å². The average molecular weight is 363 g/mol. The molecule has 138 valence electrons. The number of ether oxygens (including phenoxy) is 1. The van der Waals surface area contributed by atoms with E-state index < -0.39 is 35.8 Å². The Morgan fingerprint density at radius 3 is 2.35 bits per heavy atom. The van der Waals surface area contributed by atoms with E-state index in [9.17, 15) is 18.4 Å². The Morgan fingerprint density at radius 2 is 1.73 bits per heavy atom. The number of carbonyl (C=O) groups excluding carboxylic acids is 1. The molecule has 2 aromatic rings. The van der Waals surface area contributed by atoms with E-state index in [2.05, 4.69) is 5.32 Å². The van der Waals surface area contributed by atoms with E-state index in [1.54, 1.807) is 37.3 Å². The third-order valence-corrected chi connectivity index (χ3v) is 3.70. The zero-order valence-electron chi connectivity index (χ0n) is 14.1. The van der Waals surface area contributed by atoms with Gasteiger partial charge in [-0.15, -0.1) is 0 Å². The fourth-order valence-corrected chi connectivity index (χ4v) is 2.49. The topological polar surface area (TPSA) is 75.6 Å². The zero-order chi connectivity index (χ0) is 19.2. The van der Waals surface area contributed by atoms with Crippen LogP contribution >= 0.6 is 0 Å². The van der Waals surface area contributed by atoms with Crippen LogP contribution in [0.3, 0.4) is 0 Å². The van der Waals surface area contributed by atoms with E-state index in [4.69, 9.17) is 9.84 Å². The summed E-state index contributed by atoms with van der Waals surface area (Å²) in [6, 6.07) is 12.4. The summed E-state index contributed by atoms with van der Waals surface area (Å²) in [5, 5.41) is 11.2. The summed E-state index contributed by atoms with van der Waals surface area (Å²) in [6.45, 7) is 1.81. The first-order chi connectivity index (χ1) is 12.4. The van der Waals surface area contributed by atoms with Gasteiger partial charge in [-0.05, 0) is 24.6 Å². The van der Waals surface area contributed by atoms with Gasteiger partial charge in [-0.25, -0.2) is 0 Å². The minimum Gasteiger partial charge on any atom is -0.493 e. The highest BCUT2D eigenvalue weighted by Gasteiger charge is 2.44. The number of carboxylic acids is 1. The molecule has 2 N–H and O–H groups in total. The Labute approximate surface area is 149 Å². The fourth-order valence-electron chi connectivity index (χ4n) is 2.49. The third-order valence-electron chi connectivity index (χ3n) is 3.70. The Hall–Kier alpha value is -2.96. The molecule has 0 saturated carbocycles. The van der Waals surface area contributed by atoms with Crippen molar-refractivity contribution >= 4 is 11.9 Å². The highest BCUT2D eigenvalue weighted by atomic mass is 19.3. The van der Waals surface area contributed by atoms with E-state index in [-0.39, 0.29) is 12.4 Å². The van der Waals surface area contributed by atoms with Gasteiger partial charge >= 0.3 is 11.9 Å². The van der Waals surface area contributed by atoms with Gasteiger partial charge < -0.3 is 15.2 Å². The highest BCUT2D eigenvalue weighted by molar-refractivity contribution is 5.86. The molecule has 0 fully saturated rings. The van der Waals surface area contributed by atoms with Crippen molar-refractivity contribution < 1.29 is 28.2 Å². The molecule has 1 unspecified atom stereocenters. The molecule has 0 aliphatic carbocycles. The summed E-state index contributed by atoms with van der Waals surface area (Å²) >= 11 is 0. The monoisotopic (exact) mass is 363 g/mol. The molecular formula is C19H19F2NO4. The maximum Gasteiger partial charge on any atom is 0.353 e. The predicted molar refractivity (Wildman–Crippen MR) is 91.1 cm³/mol. The molecule has 0 aromatic heterocycles. The van der Waals surface area contributed by atoms with Crippen LogP contribution in [0.1, 0.15) is 30.5 Å². The molecule has 1 atom stereocenters. The summed E-state index contributed by atoms with van der Waals surface area (Å²) < 4.78 is 34.6. The second kappa shape index (κ2) is 8.42. The van der Waals surface area contributed by atoms with Crippen LogP contribution in [0.4, 0.5) is 8.78 Å². The standard InChI is InChI=1S/C19H19F2NO4/c1-2-26-16-11-7-6-10-14(16)19(20,21)18(25)22-15(12-17(23)24)13-8-4-3-5-9-13/h3-11,15H,2,12H2,1H3,(H,22,25)(H,23,24). The van der Waals surface area contributed by atoms with Gasteiger partial charge in [0.25, 0.3) is 5.91 Å². The van der Waals surface area contributed by atoms with Crippen molar-refractivity contribution in [2.75, 3.05) is 6.61 Å². The Morgan fingerprint density at radius 1 is 1.12 bits per heavy atom. The number of para-hydroxylation sites is 1. The molecule has 0 spiro atoms. The minimum atomic E-state index is -3.88. The van der Waals surface area contributed by atoms with Crippen LogP contribution in [-0.4, -0.2) is 23.6 Å². The van der Waals surface area contributed by atoms with Crippen LogP contribution in [0.25, 0.3) is 0 Å². The van der Waals surface area contributed by atoms with Crippen molar-refractivity contribution in [1.29, 1.82) is 0 Å². The smallest absolute Gasteiger partial charge is 0.353 e. The summed E-state index contributed by atoms with van der Waals surface area (Å²) in [7, 11) is 0. The van der Waals surface area contributed by atoms with Crippen LogP contribution in [0.5, 0.6) is 5.75 Å². The molecule has 0 bridgehead atoms. The lowest BCUT2D eigenvalue weighted by Crippen LogP contribution is -2.41. The van der Waals surface area contributed by atoms with Gasteiger partial charge in [-0.2, -0.15) is 8.78 Å². The van der Waals surface area contributed by atoms with Crippen molar-refractivity contribution in [2.24, 2.45) is 0 Å². The summed E-state index contributed by atoms with van der Waals surface area (Å²) in [6.07, 6.45) is -0.515. The van der Waals surface area contributed by atoms with Crippen molar-refractivity contribution in [2.45, 2.75) is 25.3 Å².